The SMILES string of the molecule is Cc1nnc(Cl)n1CC1(S(C)(=O)=O)CC1. The Hall–Kier alpha value is -0.620. The average Bonchev–Trinajstić information content (AvgIpc) is 2.83. The molecule has 0 N–H and O–H groups in total. The molecular formula is C8H12ClN3O2S. The van der Waals surface area contributed by atoms with Crippen molar-refractivity contribution in [3.05, 3.63) is 11.1 Å². The van der Waals surface area contributed by atoms with Gasteiger partial charge in [-0.25, -0.2) is 8.42 Å². The highest BCUT2D eigenvalue weighted by atomic mass is 35.5. The van der Waals surface area contributed by atoms with Crippen molar-refractivity contribution < 1.29 is 8.42 Å². The van der Waals surface area contributed by atoms with Gasteiger partial charge in [0.1, 0.15) is 5.82 Å². The summed E-state index contributed by atoms with van der Waals surface area (Å²) < 4.78 is 24.1. The molecular weight excluding hydrogens is 238 g/mol. The summed E-state index contributed by atoms with van der Waals surface area (Å²) in [7, 11) is -3.04. The standard InChI is InChI=1S/C8H12ClN3O2S/c1-6-10-11-7(9)12(6)5-8(3-4-8)15(2,13)14/h3-5H2,1-2H3. The summed E-state index contributed by atoms with van der Waals surface area (Å²) in [5.74, 6) is 0.648. The fourth-order valence-corrected chi connectivity index (χ4v) is 3.04. The van der Waals surface area contributed by atoms with E-state index in [2.05, 4.69) is 10.2 Å². The Morgan fingerprint density at radius 1 is 1.47 bits per heavy atom. The first-order valence-electron chi connectivity index (χ1n) is 4.61. The number of aromatic nitrogens is 3. The molecule has 1 fully saturated rings. The van der Waals surface area contributed by atoms with Crippen molar-refractivity contribution in [2.75, 3.05) is 6.26 Å². The molecule has 0 unspecified atom stereocenters. The molecule has 0 aromatic carbocycles. The van der Waals surface area contributed by atoms with Gasteiger partial charge in [-0.05, 0) is 31.4 Å². The number of hydrogen-bond donors (Lipinski definition) is 0. The molecule has 1 aliphatic carbocycles. The molecule has 0 radical (unpaired) electrons. The van der Waals surface area contributed by atoms with Crippen molar-refractivity contribution in [2.24, 2.45) is 0 Å². The zero-order chi connectivity index (χ0) is 11.3. The minimum atomic E-state index is -3.04. The first-order chi connectivity index (χ1) is 6.86. The predicted molar refractivity (Wildman–Crippen MR) is 56.6 cm³/mol. The van der Waals surface area contributed by atoms with Crippen molar-refractivity contribution in [1.29, 1.82) is 0 Å². The van der Waals surface area contributed by atoms with Crippen LogP contribution < -0.4 is 0 Å². The number of rotatable bonds is 3. The summed E-state index contributed by atoms with van der Waals surface area (Å²) >= 11 is 5.82. The molecule has 0 spiro atoms. The van der Waals surface area contributed by atoms with Crippen LogP contribution in [0.15, 0.2) is 0 Å². The summed E-state index contributed by atoms with van der Waals surface area (Å²) in [5, 5.41) is 7.74. The van der Waals surface area contributed by atoms with Crippen molar-refractivity contribution in [2.45, 2.75) is 31.1 Å². The summed E-state index contributed by atoms with van der Waals surface area (Å²) in [6, 6.07) is 0. The van der Waals surface area contributed by atoms with E-state index in [1.807, 2.05) is 0 Å². The van der Waals surface area contributed by atoms with Gasteiger partial charge in [0, 0.05) is 12.8 Å². The molecule has 1 aromatic rings. The van der Waals surface area contributed by atoms with Gasteiger partial charge in [0.2, 0.25) is 5.28 Å². The smallest absolute Gasteiger partial charge is 0.225 e. The lowest BCUT2D eigenvalue weighted by Crippen LogP contribution is -2.28. The molecule has 0 atom stereocenters. The third-order valence-electron chi connectivity index (χ3n) is 2.93. The molecule has 0 amide bonds. The van der Waals surface area contributed by atoms with Crippen LogP contribution in [-0.2, 0) is 16.4 Å². The van der Waals surface area contributed by atoms with E-state index >= 15 is 0 Å². The summed E-state index contributed by atoms with van der Waals surface area (Å²) in [5.41, 5.74) is 0. The van der Waals surface area contributed by atoms with E-state index in [0.717, 1.165) is 0 Å². The largest absolute Gasteiger partial charge is 0.300 e. The van der Waals surface area contributed by atoms with Crippen LogP contribution in [0.25, 0.3) is 0 Å². The molecule has 2 rings (SSSR count). The van der Waals surface area contributed by atoms with Crippen LogP contribution in [-0.4, -0.2) is 34.2 Å². The van der Waals surface area contributed by atoms with E-state index in [-0.39, 0.29) is 5.28 Å². The van der Waals surface area contributed by atoms with Gasteiger partial charge in [0.15, 0.2) is 9.84 Å². The van der Waals surface area contributed by atoms with Gasteiger partial charge in [-0.3, -0.25) is 0 Å². The number of aryl methyl sites for hydroxylation is 1. The monoisotopic (exact) mass is 249 g/mol. The molecule has 1 saturated carbocycles. The van der Waals surface area contributed by atoms with Gasteiger partial charge in [0.25, 0.3) is 0 Å². The summed E-state index contributed by atoms with van der Waals surface area (Å²) in [6.07, 6.45) is 2.66. The maximum Gasteiger partial charge on any atom is 0.225 e. The van der Waals surface area contributed by atoms with Crippen LogP contribution in [0, 0.1) is 6.92 Å². The van der Waals surface area contributed by atoms with E-state index in [4.69, 9.17) is 11.6 Å². The first kappa shape index (κ1) is 10.9. The van der Waals surface area contributed by atoms with E-state index in [1.54, 1.807) is 11.5 Å². The lowest BCUT2D eigenvalue weighted by molar-refractivity contribution is 0.552. The molecule has 1 aliphatic rings. The third-order valence-corrected chi connectivity index (χ3v) is 5.32. The predicted octanol–water partition coefficient (Wildman–Crippen LogP) is 0.817. The number of halogens is 1. The van der Waals surface area contributed by atoms with Gasteiger partial charge in [-0.1, -0.05) is 0 Å². The molecule has 7 heteroatoms. The van der Waals surface area contributed by atoms with E-state index in [9.17, 15) is 8.42 Å². The minimum Gasteiger partial charge on any atom is -0.300 e. The quantitative estimate of drug-likeness (QED) is 0.796. The summed E-state index contributed by atoms with van der Waals surface area (Å²) in [6.45, 7) is 2.13. The van der Waals surface area contributed by atoms with Gasteiger partial charge >= 0.3 is 0 Å². The van der Waals surface area contributed by atoms with Crippen LogP contribution in [0.4, 0.5) is 0 Å². The Bertz CT molecular complexity index is 470. The fourth-order valence-electron chi connectivity index (χ4n) is 1.61. The highest BCUT2D eigenvalue weighted by Crippen LogP contribution is 2.45. The van der Waals surface area contributed by atoms with Crippen molar-refractivity contribution in [1.82, 2.24) is 14.8 Å². The molecule has 0 bridgehead atoms. The second kappa shape index (κ2) is 3.18. The Kier molecular flexibility index (Phi) is 2.31. The third kappa shape index (κ3) is 1.76. The maximum absolute atomic E-state index is 11.6. The fraction of sp³-hybridized carbons (Fsp3) is 0.750. The number of hydrogen-bond acceptors (Lipinski definition) is 4. The van der Waals surface area contributed by atoms with Gasteiger partial charge in [-0.2, -0.15) is 0 Å². The van der Waals surface area contributed by atoms with Crippen LogP contribution in [0.1, 0.15) is 18.7 Å². The summed E-state index contributed by atoms with van der Waals surface area (Å²) in [4.78, 5) is 0. The topological polar surface area (TPSA) is 64.8 Å². The zero-order valence-electron chi connectivity index (χ0n) is 8.57. The molecule has 0 aliphatic heterocycles. The van der Waals surface area contributed by atoms with Crippen molar-refractivity contribution in [3.8, 4) is 0 Å². The number of nitrogens with zero attached hydrogens (tertiary/aromatic N) is 3. The van der Waals surface area contributed by atoms with Crippen LogP contribution in [0.3, 0.4) is 0 Å². The molecule has 0 saturated heterocycles. The normalized spacial score (nSPS) is 19.1. The maximum atomic E-state index is 11.6. The van der Waals surface area contributed by atoms with Crippen LogP contribution >= 0.6 is 11.6 Å². The van der Waals surface area contributed by atoms with Crippen molar-refractivity contribution >= 4 is 21.4 Å². The molecule has 1 heterocycles. The minimum absolute atomic E-state index is 0.252. The molecule has 84 valence electrons. The Labute approximate surface area is 93.4 Å². The van der Waals surface area contributed by atoms with Gasteiger partial charge in [0.05, 0.1) is 4.75 Å². The number of sulfone groups is 1. The van der Waals surface area contributed by atoms with E-state index in [1.165, 1.54) is 6.26 Å². The molecule has 1 aromatic heterocycles. The van der Waals surface area contributed by atoms with Gasteiger partial charge in [-0.15, -0.1) is 10.2 Å². The zero-order valence-corrected chi connectivity index (χ0v) is 10.1. The Balaban J connectivity index is 2.31. The van der Waals surface area contributed by atoms with Crippen LogP contribution in [0.5, 0.6) is 0 Å². The highest BCUT2D eigenvalue weighted by molar-refractivity contribution is 7.92. The Morgan fingerprint density at radius 3 is 2.40 bits per heavy atom. The Morgan fingerprint density at radius 2 is 2.07 bits per heavy atom. The second-order valence-electron chi connectivity index (χ2n) is 4.06. The lowest BCUT2D eigenvalue weighted by atomic mass is 10.4. The van der Waals surface area contributed by atoms with E-state index in [0.29, 0.717) is 25.2 Å². The lowest BCUT2D eigenvalue weighted by Gasteiger charge is -2.14. The van der Waals surface area contributed by atoms with Gasteiger partial charge < -0.3 is 4.57 Å². The second-order valence-corrected chi connectivity index (χ2v) is 6.81. The molecule has 15 heavy (non-hydrogen) atoms. The average molecular weight is 250 g/mol. The van der Waals surface area contributed by atoms with Crippen molar-refractivity contribution in [3.63, 3.8) is 0 Å². The first-order valence-corrected chi connectivity index (χ1v) is 6.88. The van der Waals surface area contributed by atoms with Crippen LogP contribution in [0.2, 0.25) is 5.28 Å². The highest BCUT2D eigenvalue weighted by Gasteiger charge is 2.52. The molecule has 5 nitrogen and oxygen atoms in total. The van der Waals surface area contributed by atoms with E-state index < -0.39 is 14.6 Å².